The maximum atomic E-state index is 12.8. The first-order valence-electron chi connectivity index (χ1n) is 7.79. The Labute approximate surface area is 153 Å². The van der Waals surface area contributed by atoms with E-state index in [1.54, 1.807) is 11.0 Å². The molecule has 128 valence electrons. The van der Waals surface area contributed by atoms with Crippen LogP contribution in [0.3, 0.4) is 0 Å². The monoisotopic (exact) mass is 376 g/mol. The van der Waals surface area contributed by atoms with Crippen LogP contribution in [0.5, 0.6) is 5.88 Å². The number of aromatic amines is 1. The molecule has 2 N–H and O–H groups in total. The van der Waals surface area contributed by atoms with Gasteiger partial charge in [0, 0.05) is 41.9 Å². The SMILES string of the molecule is C[C@@H]1c2c([nH]c3c(Cl)c(Cl)ccc23)CCN1C(=O)c1nccc(O)n1. The van der Waals surface area contributed by atoms with Crippen LogP contribution >= 0.6 is 23.2 Å². The van der Waals surface area contributed by atoms with Gasteiger partial charge in [-0.05, 0) is 13.0 Å². The van der Waals surface area contributed by atoms with Crippen molar-refractivity contribution >= 4 is 40.0 Å². The van der Waals surface area contributed by atoms with Crippen molar-refractivity contribution in [3.63, 3.8) is 0 Å². The lowest BCUT2D eigenvalue weighted by Crippen LogP contribution is -2.39. The Balaban J connectivity index is 1.77. The molecular weight excluding hydrogens is 363 g/mol. The van der Waals surface area contributed by atoms with Crippen molar-refractivity contribution in [2.24, 2.45) is 0 Å². The van der Waals surface area contributed by atoms with E-state index in [1.165, 1.54) is 12.3 Å². The van der Waals surface area contributed by atoms with Crippen LogP contribution in [0.4, 0.5) is 0 Å². The Morgan fingerprint density at radius 1 is 1.36 bits per heavy atom. The van der Waals surface area contributed by atoms with Gasteiger partial charge in [0.25, 0.3) is 5.91 Å². The Kier molecular flexibility index (Phi) is 3.81. The van der Waals surface area contributed by atoms with E-state index in [0.717, 1.165) is 22.2 Å². The molecule has 1 aliphatic rings. The maximum Gasteiger partial charge on any atom is 0.292 e. The Morgan fingerprint density at radius 3 is 2.92 bits per heavy atom. The van der Waals surface area contributed by atoms with Crippen molar-refractivity contribution < 1.29 is 9.90 Å². The smallest absolute Gasteiger partial charge is 0.292 e. The molecule has 1 aliphatic heterocycles. The number of fused-ring (bicyclic) bond motifs is 3. The van der Waals surface area contributed by atoms with Gasteiger partial charge in [-0.15, -0.1) is 0 Å². The largest absolute Gasteiger partial charge is 0.493 e. The number of amides is 1. The molecule has 8 heteroatoms. The zero-order valence-corrected chi connectivity index (χ0v) is 14.8. The summed E-state index contributed by atoms with van der Waals surface area (Å²) in [5, 5.41) is 11.4. The molecule has 0 unspecified atom stereocenters. The molecule has 0 fully saturated rings. The Bertz CT molecular complexity index is 1000. The third-order valence-corrected chi connectivity index (χ3v) is 5.37. The number of nitrogens with zero attached hydrogens (tertiary/aromatic N) is 3. The van der Waals surface area contributed by atoms with Gasteiger partial charge in [-0.1, -0.05) is 29.3 Å². The summed E-state index contributed by atoms with van der Waals surface area (Å²) < 4.78 is 0. The molecule has 2 aromatic heterocycles. The molecule has 6 nitrogen and oxygen atoms in total. The van der Waals surface area contributed by atoms with Crippen LogP contribution in [-0.4, -0.2) is 37.4 Å². The number of rotatable bonds is 1. The predicted octanol–water partition coefficient (Wildman–Crippen LogP) is 3.73. The van der Waals surface area contributed by atoms with Gasteiger partial charge < -0.3 is 15.0 Å². The van der Waals surface area contributed by atoms with E-state index in [9.17, 15) is 9.90 Å². The van der Waals surface area contributed by atoms with Gasteiger partial charge in [-0.25, -0.2) is 4.98 Å². The molecule has 3 heterocycles. The quantitative estimate of drug-likeness (QED) is 0.677. The number of carbonyl (C=O) groups is 1. The molecule has 0 spiro atoms. The second kappa shape index (κ2) is 5.89. The van der Waals surface area contributed by atoms with Gasteiger partial charge in [0.2, 0.25) is 11.7 Å². The highest BCUT2D eigenvalue weighted by molar-refractivity contribution is 6.45. The van der Waals surface area contributed by atoms with Gasteiger partial charge in [-0.3, -0.25) is 4.79 Å². The lowest BCUT2D eigenvalue weighted by molar-refractivity contribution is 0.0664. The maximum absolute atomic E-state index is 12.8. The first-order valence-corrected chi connectivity index (χ1v) is 8.54. The minimum Gasteiger partial charge on any atom is -0.493 e. The Hall–Kier alpha value is -2.31. The van der Waals surface area contributed by atoms with Crippen LogP contribution in [0.25, 0.3) is 10.9 Å². The van der Waals surface area contributed by atoms with Crippen molar-refractivity contribution in [3.8, 4) is 5.88 Å². The van der Waals surface area contributed by atoms with E-state index >= 15 is 0 Å². The number of benzene rings is 1. The zero-order valence-electron chi connectivity index (χ0n) is 13.3. The van der Waals surface area contributed by atoms with Crippen molar-refractivity contribution in [1.29, 1.82) is 0 Å². The minimum absolute atomic E-state index is 0.0174. The number of carbonyl (C=O) groups excluding carboxylic acids is 1. The summed E-state index contributed by atoms with van der Waals surface area (Å²) in [6.45, 7) is 2.47. The third-order valence-electron chi connectivity index (χ3n) is 4.57. The summed E-state index contributed by atoms with van der Waals surface area (Å²) in [6.07, 6.45) is 2.02. The molecule has 1 aromatic carbocycles. The standard InChI is InChI=1S/C17H14Cl2N4O2/c1-8-13-9-2-3-10(18)14(19)15(9)21-11(13)5-7-23(8)17(25)16-20-6-4-12(24)22-16/h2-4,6,8,21H,5,7H2,1H3,(H,20,22,24)/t8-/m1/s1. The number of H-pyrrole nitrogens is 1. The topological polar surface area (TPSA) is 82.1 Å². The molecule has 3 aromatic rings. The van der Waals surface area contributed by atoms with Crippen LogP contribution in [0.2, 0.25) is 10.0 Å². The van der Waals surface area contributed by atoms with Crippen molar-refractivity contribution in [1.82, 2.24) is 19.9 Å². The molecule has 0 bridgehead atoms. The first kappa shape index (κ1) is 16.2. The second-order valence-electron chi connectivity index (χ2n) is 5.96. The van der Waals surface area contributed by atoms with Crippen LogP contribution in [0.15, 0.2) is 24.4 Å². The fourth-order valence-corrected chi connectivity index (χ4v) is 3.76. The minimum atomic E-state index is -0.316. The lowest BCUT2D eigenvalue weighted by Gasteiger charge is -2.33. The van der Waals surface area contributed by atoms with Crippen LogP contribution in [0, 0.1) is 0 Å². The highest BCUT2D eigenvalue weighted by Gasteiger charge is 2.32. The van der Waals surface area contributed by atoms with Gasteiger partial charge in [0.15, 0.2) is 0 Å². The second-order valence-corrected chi connectivity index (χ2v) is 6.75. The van der Waals surface area contributed by atoms with Crippen LogP contribution in [0.1, 0.15) is 34.8 Å². The normalized spacial score (nSPS) is 16.9. The summed E-state index contributed by atoms with van der Waals surface area (Å²) in [4.78, 5) is 25.6. The number of hydrogen-bond donors (Lipinski definition) is 2. The highest BCUT2D eigenvalue weighted by Crippen LogP contribution is 2.40. The zero-order chi connectivity index (χ0) is 17.7. The molecule has 0 radical (unpaired) electrons. The van der Waals surface area contributed by atoms with E-state index in [4.69, 9.17) is 23.2 Å². The predicted molar refractivity (Wildman–Crippen MR) is 95.2 cm³/mol. The van der Waals surface area contributed by atoms with Gasteiger partial charge >= 0.3 is 0 Å². The number of halogens is 2. The molecule has 0 saturated carbocycles. The number of aromatic hydroxyl groups is 1. The lowest BCUT2D eigenvalue weighted by atomic mass is 9.97. The number of hydrogen-bond acceptors (Lipinski definition) is 4. The summed E-state index contributed by atoms with van der Waals surface area (Å²) in [7, 11) is 0. The Morgan fingerprint density at radius 2 is 2.16 bits per heavy atom. The highest BCUT2D eigenvalue weighted by atomic mass is 35.5. The van der Waals surface area contributed by atoms with Gasteiger partial charge in [0.05, 0.1) is 21.6 Å². The fraction of sp³-hybridized carbons (Fsp3) is 0.235. The fourth-order valence-electron chi connectivity index (χ4n) is 3.39. The van der Waals surface area contributed by atoms with Gasteiger partial charge in [-0.2, -0.15) is 4.98 Å². The molecule has 0 aliphatic carbocycles. The van der Waals surface area contributed by atoms with E-state index in [2.05, 4.69) is 15.0 Å². The molecule has 25 heavy (non-hydrogen) atoms. The van der Waals surface area contributed by atoms with Gasteiger partial charge in [0.1, 0.15) is 0 Å². The summed E-state index contributed by atoms with van der Waals surface area (Å²) in [5.41, 5.74) is 2.86. The van der Waals surface area contributed by atoms with Crippen molar-refractivity contribution in [2.45, 2.75) is 19.4 Å². The van der Waals surface area contributed by atoms with Crippen molar-refractivity contribution in [2.75, 3.05) is 6.54 Å². The van der Waals surface area contributed by atoms with E-state index in [-0.39, 0.29) is 23.7 Å². The molecular formula is C17H14Cl2N4O2. The molecule has 1 atom stereocenters. The van der Waals surface area contributed by atoms with E-state index < -0.39 is 0 Å². The molecule has 1 amide bonds. The van der Waals surface area contributed by atoms with Crippen molar-refractivity contribution in [3.05, 3.63) is 51.5 Å². The summed E-state index contributed by atoms with van der Waals surface area (Å²) in [6, 6.07) is 4.81. The molecule has 0 saturated heterocycles. The van der Waals surface area contributed by atoms with Crippen LogP contribution in [-0.2, 0) is 6.42 Å². The molecule has 4 rings (SSSR count). The van der Waals surface area contributed by atoms with E-state index in [1.807, 2.05) is 13.0 Å². The van der Waals surface area contributed by atoms with E-state index in [0.29, 0.717) is 23.0 Å². The number of nitrogens with one attached hydrogen (secondary N) is 1. The average molecular weight is 377 g/mol. The van der Waals surface area contributed by atoms with Crippen LogP contribution < -0.4 is 0 Å². The average Bonchev–Trinajstić information content (AvgIpc) is 2.98. The summed E-state index contributed by atoms with van der Waals surface area (Å²) in [5.74, 6) is -0.558. The third kappa shape index (κ3) is 2.53. The first-order chi connectivity index (χ1) is 12.0. The summed E-state index contributed by atoms with van der Waals surface area (Å²) >= 11 is 12.4. The number of aromatic nitrogens is 3.